The number of hydrogen-bond acceptors (Lipinski definition) is 1. The van der Waals surface area contributed by atoms with Crippen LogP contribution in [-0.4, -0.2) is 5.54 Å². The zero-order valence-electron chi connectivity index (χ0n) is 9.87. The van der Waals surface area contributed by atoms with E-state index in [2.05, 4.69) is 43.3 Å². The SMILES string of the molecule is C/C(=C/c1ccccc1)C1(C2(N)CC2)CC1. The first-order valence-electron chi connectivity index (χ1n) is 6.19. The van der Waals surface area contributed by atoms with Crippen molar-refractivity contribution in [3.8, 4) is 0 Å². The van der Waals surface area contributed by atoms with Crippen LogP contribution in [0.15, 0.2) is 35.9 Å². The number of hydrogen-bond donors (Lipinski definition) is 1. The Labute approximate surface area is 97.4 Å². The van der Waals surface area contributed by atoms with E-state index in [4.69, 9.17) is 5.73 Å². The molecule has 2 aliphatic rings. The number of benzene rings is 1. The van der Waals surface area contributed by atoms with Crippen LogP contribution in [0.2, 0.25) is 0 Å². The van der Waals surface area contributed by atoms with Crippen LogP contribution in [0.3, 0.4) is 0 Å². The fourth-order valence-electron chi connectivity index (χ4n) is 2.96. The molecule has 0 heterocycles. The summed E-state index contributed by atoms with van der Waals surface area (Å²) in [6.45, 7) is 2.26. The van der Waals surface area contributed by atoms with Gasteiger partial charge in [-0.3, -0.25) is 0 Å². The third-order valence-electron chi connectivity index (χ3n) is 4.43. The minimum atomic E-state index is 0.141. The fraction of sp³-hybridized carbons (Fsp3) is 0.467. The van der Waals surface area contributed by atoms with Gasteiger partial charge in [-0.1, -0.05) is 42.0 Å². The molecule has 0 aliphatic heterocycles. The standard InChI is InChI=1S/C15H19N/c1-12(11-13-5-3-2-4-6-13)14(7-8-14)15(16)9-10-15/h2-6,11H,7-10,16H2,1H3/b12-11-. The van der Waals surface area contributed by atoms with E-state index in [1.165, 1.54) is 36.8 Å². The van der Waals surface area contributed by atoms with Crippen LogP contribution in [0.25, 0.3) is 6.08 Å². The van der Waals surface area contributed by atoms with Gasteiger partial charge in [-0.15, -0.1) is 0 Å². The van der Waals surface area contributed by atoms with Gasteiger partial charge in [-0.05, 0) is 38.2 Å². The molecule has 1 heteroatoms. The zero-order chi connectivity index (χ0) is 11.2. The molecule has 0 spiro atoms. The molecule has 1 aromatic carbocycles. The van der Waals surface area contributed by atoms with Crippen LogP contribution in [-0.2, 0) is 0 Å². The Kier molecular flexibility index (Phi) is 2.02. The average molecular weight is 213 g/mol. The summed E-state index contributed by atoms with van der Waals surface area (Å²) >= 11 is 0. The van der Waals surface area contributed by atoms with Crippen molar-refractivity contribution in [3.63, 3.8) is 0 Å². The van der Waals surface area contributed by atoms with Crippen molar-refractivity contribution < 1.29 is 0 Å². The van der Waals surface area contributed by atoms with Gasteiger partial charge in [0.05, 0.1) is 0 Å². The molecule has 16 heavy (non-hydrogen) atoms. The molecule has 0 aromatic heterocycles. The molecule has 0 amide bonds. The van der Waals surface area contributed by atoms with Gasteiger partial charge in [0, 0.05) is 11.0 Å². The van der Waals surface area contributed by atoms with E-state index in [1.54, 1.807) is 0 Å². The van der Waals surface area contributed by atoms with Gasteiger partial charge < -0.3 is 5.73 Å². The number of nitrogens with two attached hydrogens (primary N) is 1. The Bertz CT molecular complexity index is 422. The van der Waals surface area contributed by atoms with Crippen LogP contribution in [0.1, 0.15) is 38.2 Å². The summed E-state index contributed by atoms with van der Waals surface area (Å²) < 4.78 is 0. The van der Waals surface area contributed by atoms with Gasteiger partial charge >= 0.3 is 0 Å². The van der Waals surface area contributed by atoms with E-state index in [9.17, 15) is 0 Å². The second-order valence-electron chi connectivity index (χ2n) is 5.48. The molecule has 2 aliphatic carbocycles. The lowest BCUT2D eigenvalue weighted by atomic mass is 9.86. The maximum atomic E-state index is 6.40. The maximum Gasteiger partial charge on any atom is 0.0250 e. The average Bonchev–Trinajstić information content (AvgIpc) is 3.14. The quantitative estimate of drug-likeness (QED) is 0.818. The van der Waals surface area contributed by atoms with Crippen molar-refractivity contribution in [2.24, 2.45) is 11.1 Å². The molecule has 0 atom stereocenters. The minimum Gasteiger partial charge on any atom is -0.324 e. The lowest BCUT2D eigenvalue weighted by Gasteiger charge is -2.24. The van der Waals surface area contributed by atoms with Crippen molar-refractivity contribution in [3.05, 3.63) is 41.5 Å². The Morgan fingerprint density at radius 2 is 1.75 bits per heavy atom. The predicted octanol–water partition coefficient (Wildman–Crippen LogP) is 3.36. The monoisotopic (exact) mass is 213 g/mol. The highest BCUT2D eigenvalue weighted by Gasteiger charge is 2.63. The van der Waals surface area contributed by atoms with E-state index < -0.39 is 0 Å². The molecule has 0 radical (unpaired) electrons. The maximum absolute atomic E-state index is 6.40. The summed E-state index contributed by atoms with van der Waals surface area (Å²) in [4.78, 5) is 0. The van der Waals surface area contributed by atoms with Crippen molar-refractivity contribution in [2.45, 2.75) is 38.1 Å². The molecule has 1 nitrogen and oxygen atoms in total. The van der Waals surface area contributed by atoms with E-state index in [-0.39, 0.29) is 5.54 Å². The van der Waals surface area contributed by atoms with E-state index in [1.807, 2.05) is 0 Å². The van der Waals surface area contributed by atoms with Gasteiger partial charge in [0.15, 0.2) is 0 Å². The second-order valence-corrected chi connectivity index (χ2v) is 5.48. The predicted molar refractivity (Wildman–Crippen MR) is 67.9 cm³/mol. The normalized spacial score (nSPS) is 25.2. The van der Waals surface area contributed by atoms with Crippen molar-refractivity contribution in [1.82, 2.24) is 0 Å². The Hall–Kier alpha value is -1.08. The third-order valence-corrected chi connectivity index (χ3v) is 4.43. The first-order chi connectivity index (χ1) is 7.66. The molecular formula is C15H19N. The lowest BCUT2D eigenvalue weighted by molar-refractivity contribution is 0.446. The summed E-state index contributed by atoms with van der Waals surface area (Å²) in [7, 11) is 0. The summed E-state index contributed by atoms with van der Waals surface area (Å²) in [5.41, 5.74) is 9.68. The van der Waals surface area contributed by atoms with Crippen LogP contribution in [0, 0.1) is 5.41 Å². The molecular weight excluding hydrogens is 194 g/mol. The van der Waals surface area contributed by atoms with Crippen LogP contribution >= 0.6 is 0 Å². The molecule has 0 saturated heterocycles. The summed E-state index contributed by atoms with van der Waals surface area (Å²) in [5, 5.41) is 0. The van der Waals surface area contributed by atoms with Crippen LogP contribution in [0.4, 0.5) is 0 Å². The Balaban J connectivity index is 1.88. The number of rotatable bonds is 3. The van der Waals surface area contributed by atoms with Crippen molar-refractivity contribution in [2.75, 3.05) is 0 Å². The van der Waals surface area contributed by atoms with E-state index >= 15 is 0 Å². The van der Waals surface area contributed by atoms with Crippen molar-refractivity contribution >= 4 is 6.08 Å². The smallest absolute Gasteiger partial charge is 0.0250 e. The molecule has 0 unspecified atom stereocenters. The first-order valence-corrected chi connectivity index (χ1v) is 6.19. The van der Waals surface area contributed by atoms with Crippen LogP contribution < -0.4 is 5.73 Å². The topological polar surface area (TPSA) is 26.0 Å². The van der Waals surface area contributed by atoms with Gasteiger partial charge in [-0.2, -0.15) is 0 Å². The molecule has 2 saturated carbocycles. The van der Waals surface area contributed by atoms with Gasteiger partial charge in [0.25, 0.3) is 0 Å². The molecule has 3 rings (SSSR count). The Morgan fingerprint density at radius 1 is 1.12 bits per heavy atom. The molecule has 2 N–H and O–H groups in total. The highest BCUT2D eigenvalue weighted by Crippen LogP contribution is 2.66. The first kappa shape index (κ1) is 10.1. The third kappa shape index (κ3) is 1.42. The van der Waals surface area contributed by atoms with Crippen LogP contribution in [0.5, 0.6) is 0 Å². The second kappa shape index (κ2) is 3.21. The van der Waals surface area contributed by atoms with Gasteiger partial charge in [0.1, 0.15) is 0 Å². The summed E-state index contributed by atoms with van der Waals surface area (Å²) in [5.74, 6) is 0. The van der Waals surface area contributed by atoms with Crippen molar-refractivity contribution in [1.29, 1.82) is 0 Å². The van der Waals surface area contributed by atoms with Gasteiger partial charge in [0.2, 0.25) is 0 Å². The highest BCUT2D eigenvalue weighted by molar-refractivity contribution is 5.56. The molecule has 1 aromatic rings. The largest absolute Gasteiger partial charge is 0.324 e. The summed E-state index contributed by atoms with van der Waals surface area (Å²) in [6, 6.07) is 10.6. The lowest BCUT2D eigenvalue weighted by Crippen LogP contribution is -2.34. The van der Waals surface area contributed by atoms with E-state index in [0.29, 0.717) is 5.41 Å². The minimum absolute atomic E-state index is 0.141. The van der Waals surface area contributed by atoms with Gasteiger partial charge in [-0.25, -0.2) is 0 Å². The molecule has 2 fully saturated rings. The highest BCUT2D eigenvalue weighted by atomic mass is 14.9. The zero-order valence-corrected chi connectivity index (χ0v) is 9.87. The summed E-state index contributed by atoms with van der Waals surface area (Å²) in [6.07, 6.45) is 7.33. The fourth-order valence-corrected chi connectivity index (χ4v) is 2.96. The molecule has 84 valence electrons. The Morgan fingerprint density at radius 3 is 2.25 bits per heavy atom. The molecule has 0 bridgehead atoms. The van der Waals surface area contributed by atoms with E-state index in [0.717, 1.165) is 0 Å².